The molecule has 1 aliphatic heterocycles. The fraction of sp³-hybridized carbons (Fsp3) is 0.316. The van der Waals surface area contributed by atoms with Crippen LogP contribution in [-0.4, -0.2) is 29.6 Å². The number of aromatic hydroxyl groups is 1. The smallest absolute Gasteiger partial charge is 0.341 e. The quantitative estimate of drug-likeness (QED) is 0.878. The first-order valence-electron chi connectivity index (χ1n) is 7.88. The number of ether oxygens (including phenoxy) is 1. The van der Waals surface area contributed by atoms with Crippen molar-refractivity contribution in [2.24, 2.45) is 0 Å². The van der Waals surface area contributed by atoms with Gasteiger partial charge in [-0.05, 0) is 42.6 Å². The summed E-state index contributed by atoms with van der Waals surface area (Å²) in [6, 6.07) is 15.9. The van der Waals surface area contributed by atoms with E-state index in [1.807, 2.05) is 12.1 Å². The number of rotatable bonds is 4. The maximum Gasteiger partial charge on any atom is 0.341 e. The summed E-state index contributed by atoms with van der Waals surface area (Å²) in [4.78, 5) is 14.2. The molecule has 1 aliphatic rings. The Labute approximate surface area is 136 Å². The molecule has 0 bridgehead atoms. The molecule has 120 valence electrons. The first-order valence-corrected chi connectivity index (χ1v) is 7.88. The highest BCUT2D eigenvalue weighted by Crippen LogP contribution is 2.35. The molecular formula is C19H21NO3. The molecule has 0 aliphatic carbocycles. The molecule has 0 amide bonds. The Kier molecular flexibility index (Phi) is 4.63. The Morgan fingerprint density at radius 3 is 2.78 bits per heavy atom. The fourth-order valence-electron chi connectivity index (χ4n) is 3.25. The van der Waals surface area contributed by atoms with Crippen LogP contribution in [0.15, 0.2) is 48.5 Å². The van der Waals surface area contributed by atoms with E-state index in [1.54, 1.807) is 12.1 Å². The van der Waals surface area contributed by atoms with Crippen molar-refractivity contribution < 1.29 is 14.6 Å². The number of benzene rings is 2. The van der Waals surface area contributed by atoms with Crippen LogP contribution in [0.3, 0.4) is 0 Å². The van der Waals surface area contributed by atoms with Crippen LogP contribution in [0.2, 0.25) is 0 Å². The Morgan fingerprint density at radius 2 is 2.04 bits per heavy atom. The van der Waals surface area contributed by atoms with Gasteiger partial charge in [-0.15, -0.1) is 0 Å². The van der Waals surface area contributed by atoms with Gasteiger partial charge in [-0.1, -0.05) is 36.4 Å². The minimum Gasteiger partial charge on any atom is -0.507 e. The van der Waals surface area contributed by atoms with Crippen LogP contribution >= 0.6 is 0 Å². The number of esters is 1. The third kappa shape index (κ3) is 3.37. The molecule has 0 saturated carbocycles. The van der Waals surface area contributed by atoms with Gasteiger partial charge in [0.25, 0.3) is 0 Å². The van der Waals surface area contributed by atoms with Gasteiger partial charge in [0, 0.05) is 12.6 Å². The van der Waals surface area contributed by atoms with Crippen molar-refractivity contribution in [3.8, 4) is 5.75 Å². The highest BCUT2D eigenvalue weighted by Gasteiger charge is 2.27. The van der Waals surface area contributed by atoms with Crippen molar-refractivity contribution >= 4 is 5.97 Å². The first-order chi connectivity index (χ1) is 11.2. The summed E-state index contributed by atoms with van der Waals surface area (Å²) in [5.74, 6) is -0.537. The summed E-state index contributed by atoms with van der Waals surface area (Å²) in [5.41, 5.74) is 2.57. The van der Waals surface area contributed by atoms with E-state index in [2.05, 4.69) is 29.2 Å². The van der Waals surface area contributed by atoms with E-state index in [0.717, 1.165) is 31.5 Å². The lowest BCUT2D eigenvalue weighted by atomic mass is 10.0. The van der Waals surface area contributed by atoms with Gasteiger partial charge in [-0.3, -0.25) is 4.90 Å². The Hall–Kier alpha value is -2.33. The maximum atomic E-state index is 11.8. The van der Waals surface area contributed by atoms with E-state index >= 15 is 0 Å². The Bertz CT molecular complexity index is 684. The number of methoxy groups -OCH3 is 1. The van der Waals surface area contributed by atoms with Gasteiger partial charge in [0.05, 0.1) is 7.11 Å². The standard InChI is InChI=1S/C19H21NO3/c1-23-19(22)16-12-15(9-10-18(16)21)17-8-5-11-20(17)13-14-6-3-2-4-7-14/h2-4,6-7,9-10,12,17,21H,5,8,11,13H2,1H3/t17-/m1/s1. The predicted octanol–water partition coefficient (Wildman–Crippen LogP) is 3.52. The van der Waals surface area contributed by atoms with Crippen molar-refractivity contribution in [1.82, 2.24) is 4.90 Å². The Morgan fingerprint density at radius 1 is 1.26 bits per heavy atom. The summed E-state index contributed by atoms with van der Waals surface area (Å²) in [6.45, 7) is 1.92. The number of phenols is 1. The van der Waals surface area contributed by atoms with Crippen molar-refractivity contribution in [3.05, 3.63) is 65.2 Å². The van der Waals surface area contributed by atoms with Crippen molar-refractivity contribution in [3.63, 3.8) is 0 Å². The van der Waals surface area contributed by atoms with E-state index in [9.17, 15) is 9.90 Å². The second-order valence-electron chi connectivity index (χ2n) is 5.88. The zero-order valence-electron chi connectivity index (χ0n) is 13.2. The molecular weight excluding hydrogens is 290 g/mol. The van der Waals surface area contributed by atoms with Crippen LogP contribution in [0.1, 0.15) is 40.4 Å². The number of hydrogen-bond acceptors (Lipinski definition) is 4. The monoisotopic (exact) mass is 311 g/mol. The fourth-order valence-corrected chi connectivity index (χ4v) is 3.25. The lowest BCUT2D eigenvalue weighted by Gasteiger charge is -2.25. The first kappa shape index (κ1) is 15.6. The van der Waals surface area contributed by atoms with Gasteiger partial charge in [0.1, 0.15) is 11.3 Å². The van der Waals surface area contributed by atoms with Gasteiger partial charge in [0.15, 0.2) is 0 Å². The number of nitrogens with zero attached hydrogens (tertiary/aromatic N) is 1. The summed E-state index contributed by atoms with van der Waals surface area (Å²) in [5, 5.41) is 9.87. The van der Waals surface area contributed by atoms with E-state index in [0.29, 0.717) is 0 Å². The lowest BCUT2D eigenvalue weighted by molar-refractivity contribution is 0.0597. The molecule has 0 spiro atoms. The highest BCUT2D eigenvalue weighted by atomic mass is 16.5. The molecule has 4 nitrogen and oxygen atoms in total. The van der Waals surface area contributed by atoms with Crippen LogP contribution in [0.25, 0.3) is 0 Å². The third-order valence-electron chi connectivity index (χ3n) is 4.40. The van der Waals surface area contributed by atoms with E-state index in [-0.39, 0.29) is 17.4 Å². The summed E-state index contributed by atoms with van der Waals surface area (Å²) in [7, 11) is 1.33. The molecule has 2 aromatic rings. The average Bonchev–Trinajstić information content (AvgIpc) is 3.03. The summed E-state index contributed by atoms with van der Waals surface area (Å²) >= 11 is 0. The number of carbonyl (C=O) groups is 1. The summed E-state index contributed by atoms with van der Waals surface area (Å²) in [6.07, 6.45) is 2.18. The van der Waals surface area contributed by atoms with E-state index in [4.69, 9.17) is 4.74 Å². The molecule has 3 rings (SSSR count). The molecule has 4 heteroatoms. The molecule has 2 aromatic carbocycles. The topological polar surface area (TPSA) is 49.8 Å². The highest BCUT2D eigenvalue weighted by molar-refractivity contribution is 5.92. The number of likely N-dealkylation sites (tertiary alicyclic amines) is 1. The zero-order valence-corrected chi connectivity index (χ0v) is 13.2. The van der Waals surface area contributed by atoms with E-state index < -0.39 is 5.97 Å². The average molecular weight is 311 g/mol. The predicted molar refractivity (Wildman–Crippen MR) is 88.3 cm³/mol. The van der Waals surface area contributed by atoms with Crippen molar-refractivity contribution in [1.29, 1.82) is 0 Å². The normalized spacial score (nSPS) is 18.0. The molecule has 0 radical (unpaired) electrons. The van der Waals surface area contributed by atoms with Crippen LogP contribution in [-0.2, 0) is 11.3 Å². The van der Waals surface area contributed by atoms with Crippen molar-refractivity contribution in [2.45, 2.75) is 25.4 Å². The van der Waals surface area contributed by atoms with Crippen LogP contribution in [0.5, 0.6) is 5.75 Å². The molecule has 1 saturated heterocycles. The number of carbonyl (C=O) groups excluding carboxylic acids is 1. The van der Waals surface area contributed by atoms with Gasteiger partial charge < -0.3 is 9.84 Å². The minimum atomic E-state index is -0.503. The summed E-state index contributed by atoms with van der Waals surface area (Å²) < 4.78 is 4.74. The maximum absolute atomic E-state index is 11.8. The molecule has 1 heterocycles. The molecule has 1 N–H and O–H groups in total. The van der Waals surface area contributed by atoms with Crippen LogP contribution < -0.4 is 0 Å². The second-order valence-corrected chi connectivity index (χ2v) is 5.88. The van der Waals surface area contributed by atoms with Gasteiger partial charge >= 0.3 is 5.97 Å². The second kappa shape index (κ2) is 6.84. The molecule has 0 unspecified atom stereocenters. The molecule has 23 heavy (non-hydrogen) atoms. The molecule has 1 fully saturated rings. The van der Waals surface area contributed by atoms with Gasteiger partial charge in [-0.2, -0.15) is 0 Å². The van der Waals surface area contributed by atoms with Gasteiger partial charge in [0.2, 0.25) is 0 Å². The zero-order chi connectivity index (χ0) is 16.2. The number of phenolic OH excluding ortho intramolecular Hbond substituents is 1. The van der Waals surface area contributed by atoms with Gasteiger partial charge in [-0.25, -0.2) is 4.79 Å². The lowest BCUT2D eigenvalue weighted by Crippen LogP contribution is -2.23. The largest absolute Gasteiger partial charge is 0.507 e. The van der Waals surface area contributed by atoms with E-state index in [1.165, 1.54) is 12.7 Å². The third-order valence-corrected chi connectivity index (χ3v) is 4.40. The Balaban J connectivity index is 1.84. The molecule has 0 aromatic heterocycles. The van der Waals surface area contributed by atoms with Crippen molar-refractivity contribution in [2.75, 3.05) is 13.7 Å². The van der Waals surface area contributed by atoms with Crippen LogP contribution in [0.4, 0.5) is 0 Å². The minimum absolute atomic E-state index is 0.0341. The SMILES string of the molecule is COC(=O)c1cc([C@H]2CCCN2Cc2ccccc2)ccc1O. The number of hydrogen-bond donors (Lipinski definition) is 1. The molecule has 1 atom stereocenters. The van der Waals surface area contributed by atoms with Crippen LogP contribution in [0, 0.1) is 0 Å².